The minimum Gasteiger partial charge on any atom is -0.484 e. The molecule has 1 aromatic carbocycles. The minimum atomic E-state index is -4.36. The highest BCUT2D eigenvalue weighted by atomic mass is 19.4. The molecular weight excluding hydrogens is 221 g/mol. The zero-order valence-electron chi connectivity index (χ0n) is 8.89. The Labute approximate surface area is 91.0 Å². The van der Waals surface area contributed by atoms with Gasteiger partial charge in [0.2, 0.25) is 0 Å². The number of alkyl halides is 3. The van der Waals surface area contributed by atoms with E-state index in [1.165, 1.54) is 12.1 Å². The van der Waals surface area contributed by atoms with Crippen LogP contribution in [0, 0.1) is 13.8 Å². The lowest BCUT2D eigenvalue weighted by Gasteiger charge is -2.14. The number of halogens is 3. The number of hydrogen-bond acceptors (Lipinski definition) is 2. The molecule has 0 saturated carbocycles. The summed E-state index contributed by atoms with van der Waals surface area (Å²) in [5, 5.41) is 0. The number of benzene rings is 1. The normalized spacial score (nSPS) is 11.3. The fourth-order valence-electron chi connectivity index (χ4n) is 1.43. The van der Waals surface area contributed by atoms with Crippen molar-refractivity contribution in [1.82, 2.24) is 0 Å². The number of aryl methyl sites for hydroxylation is 2. The smallest absolute Gasteiger partial charge is 0.422 e. The highest BCUT2D eigenvalue weighted by molar-refractivity contribution is 5.76. The van der Waals surface area contributed by atoms with Crippen LogP contribution in [0.1, 0.15) is 21.5 Å². The largest absolute Gasteiger partial charge is 0.484 e. The summed E-state index contributed by atoms with van der Waals surface area (Å²) in [5.74, 6) is 0.183. The summed E-state index contributed by atoms with van der Waals surface area (Å²) in [6.07, 6.45) is -3.71. The summed E-state index contributed by atoms with van der Waals surface area (Å²) in [6.45, 7) is 1.88. The van der Waals surface area contributed by atoms with E-state index in [1.807, 2.05) is 0 Å². The molecule has 0 spiro atoms. The van der Waals surface area contributed by atoms with Gasteiger partial charge in [-0.25, -0.2) is 0 Å². The first kappa shape index (κ1) is 12.5. The first-order valence-corrected chi connectivity index (χ1v) is 4.59. The maximum Gasteiger partial charge on any atom is 0.422 e. The number of aldehydes is 1. The highest BCUT2D eigenvalue weighted by Crippen LogP contribution is 2.26. The van der Waals surface area contributed by atoms with Crippen LogP contribution in [-0.4, -0.2) is 19.1 Å². The quantitative estimate of drug-likeness (QED) is 0.748. The molecule has 0 atom stereocenters. The fourth-order valence-corrected chi connectivity index (χ4v) is 1.43. The third kappa shape index (κ3) is 3.25. The molecule has 0 aliphatic heterocycles. The van der Waals surface area contributed by atoms with Crippen molar-refractivity contribution >= 4 is 6.29 Å². The van der Waals surface area contributed by atoms with Crippen molar-refractivity contribution in [1.29, 1.82) is 0 Å². The van der Waals surface area contributed by atoms with Crippen LogP contribution in [0.2, 0.25) is 0 Å². The average Bonchev–Trinajstić information content (AvgIpc) is 2.14. The third-order valence-electron chi connectivity index (χ3n) is 2.00. The lowest BCUT2D eigenvalue weighted by molar-refractivity contribution is -0.153. The molecule has 1 aromatic rings. The second-order valence-corrected chi connectivity index (χ2v) is 3.51. The lowest BCUT2D eigenvalue weighted by atomic mass is 10.1. The number of carbonyl (C=O) groups is 1. The van der Waals surface area contributed by atoms with Gasteiger partial charge < -0.3 is 4.74 Å². The molecule has 0 aliphatic carbocycles. The minimum absolute atomic E-state index is 0.183. The molecule has 0 N–H and O–H groups in total. The summed E-state index contributed by atoms with van der Waals surface area (Å²) in [7, 11) is 0. The molecule has 1 rings (SSSR count). The molecule has 16 heavy (non-hydrogen) atoms. The number of ether oxygens (including phenoxy) is 1. The van der Waals surface area contributed by atoms with E-state index in [4.69, 9.17) is 4.74 Å². The van der Waals surface area contributed by atoms with E-state index in [2.05, 4.69) is 0 Å². The van der Waals surface area contributed by atoms with Gasteiger partial charge >= 0.3 is 6.18 Å². The van der Waals surface area contributed by atoms with Crippen molar-refractivity contribution in [2.24, 2.45) is 0 Å². The SMILES string of the molecule is Cc1cc(C=O)cc(C)c1OCC(F)(F)F. The zero-order chi connectivity index (χ0) is 12.3. The maximum atomic E-state index is 12.0. The molecule has 88 valence electrons. The second-order valence-electron chi connectivity index (χ2n) is 3.51. The molecule has 0 unspecified atom stereocenters. The predicted molar refractivity (Wildman–Crippen MR) is 52.9 cm³/mol. The van der Waals surface area contributed by atoms with Gasteiger partial charge in [0, 0.05) is 5.56 Å². The summed E-state index contributed by atoms with van der Waals surface area (Å²) in [5.41, 5.74) is 1.46. The Kier molecular flexibility index (Phi) is 3.57. The lowest BCUT2D eigenvalue weighted by Crippen LogP contribution is -2.20. The van der Waals surface area contributed by atoms with Gasteiger partial charge in [0.1, 0.15) is 12.0 Å². The van der Waals surface area contributed by atoms with Crippen molar-refractivity contribution in [2.45, 2.75) is 20.0 Å². The molecule has 0 saturated heterocycles. The van der Waals surface area contributed by atoms with E-state index in [9.17, 15) is 18.0 Å². The van der Waals surface area contributed by atoms with Crippen molar-refractivity contribution in [3.63, 3.8) is 0 Å². The number of carbonyl (C=O) groups excluding carboxylic acids is 1. The fraction of sp³-hybridized carbons (Fsp3) is 0.364. The first-order valence-electron chi connectivity index (χ1n) is 4.59. The first-order chi connectivity index (χ1) is 7.33. The van der Waals surface area contributed by atoms with Crippen LogP contribution in [0.25, 0.3) is 0 Å². The van der Waals surface area contributed by atoms with Crippen LogP contribution in [-0.2, 0) is 0 Å². The van der Waals surface area contributed by atoms with Gasteiger partial charge in [0.15, 0.2) is 6.61 Å². The molecule has 0 amide bonds. The van der Waals surface area contributed by atoms with Crippen LogP contribution < -0.4 is 4.74 Å². The van der Waals surface area contributed by atoms with E-state index in [1.54, 1.807) is 13.8 Å². The van der Waals surface area contributed by atoms with E-state index < -0.39 is 12.8 Å². The van der Waals surface area contributed by atoms with Gasteiger partial charge in [-0.1, -0.05) is 0 Å². The van der Waals surface area contributed by atoms with Gasteiger partial charge in [0.05, 0.1) is 0 Å². The Morgan fingerprint density at radius 2 is 1.75 bits per heavy atom. The Morgan fingerprint density at radius 3 is 2.12 bits per heavy atom. The van der Waals surface area contributed by atoms with Gasteiger partial charge in [-0.3, -0.25) is 4.79 Å². The van der Waals surface area contributed by atoms with Crippen LogP contribution in [0.4, 0.5) is 13.2 Å². The highest BCUT2D eigenvalue weighted by Gasteiger charge is 2.29. The van der Waals surface area contributed by atoms with Gasteiger partial charge in [-0.15, -0.1) is 0 Å². The van der Waals surface area contributed by atoms with Crippen molar-refractivity contribution in [2.75, 3.05) is 6.61 Å². The zero-order valence-corrected chi connectivity index (χ0v) is 8.89. The molecule has 0 radical (unpaired) electrons. The average molecular weight is 232 g/mol. The summed E-state index contributed by atoms with van der Waals surface area (Å²) in [6, 6.07) is 2.98. The van der Waals surface area contributed by atoms with Crippen LogP contribution in [0.5, 0.6) is 5.75 Å². The van der Waals surface area contributed by atoms with E-state index >= 15 is 0 Å². The van der Waals surface area contributed by atoms with E-state index in [0.29, 0.717) is 23.0 Å². The van der Waals surface area contributed by atoms with Gasteiger partial charge in [0.25, 0.3) is 0 Å². The van der Waals surface area contributed by atoms with E-state index in [-0.39, 0.29) is 5.75 Å². The van der Waals surface area contributed by atoms with Crippen LogP contribution in [0.15, 0.2) is 12.1 Å². The molecule has 5 heteroatoms. The molecule has 0 aromatic heterocycles. The predicted octanol–water partition coefficient (Wildman–Crippen LogP) is 3.06. The Bertz CT molecular complexity index is 374. The molecule has 0 heterocycles. The monoisotopic (exact) mass is 232 g/mol. The third-order valence-corrected chi connectivity index (χ3v) is 2.00. The number of hydrogen-bond donors (Lipinski definition) is 0. The van der Waals surface area contributed by atoms with Crippen LogP contribution >= 0.6 is 0 Å². The Morgan fingerprint density at radius 1 is 1.25 bits per heavy atom. The summed E-state index contributed by atoms with van der Waals surface area (Å²) in [4.78, 5) is 10.5. The van der Waals surface area contributed by atoms with Crippen LogP contribution in [0.3, 0.4) is 0 Å². The van der Waals surface area contributed by atoms with Gasteiger partial charge in [-0.2, -0.15) is 13.2 Å². The molecule has 0 aliphatic rings. The second kappa shape index (κ2) is 4.55. The number of rotatable bonds is 3. The van der Waals surface area contributed by atoms with Crippen molar-refractivity contribution < 1.29 is 22.7 Å². The summed E-state index contributed by atoms with van der Waals surface area (Å²) < 4.78 is 40.6. The molecular formula is C11H11F3O2. The van der Waals surface area contributed by atoms with Gasteiger partial charge in [-0.05, 0) is 37.1 Å². The summed E-state index contributed by atoms with van der Waals surface area (Å²) >= 11 is 0. The molecule has 0 fully saturated rings. The topological polar surface area (TPSA) is 26.3 Å². The molecule has 2 nitrogen and oxygen atoms in total. The van der Waals surface area contributed by atoms with Crippen molar-refractivity contribution in [3.05, 3.63) is 28.8 Å². The Hall–Kier alpha value is -1.52. The molecule has 0 bridgehead atoms. The maximum absolute atomic E-state index is 12.0. The van der Waals surface area contributed by atoms with E-state index in [0.717, 1.165) is 0 Å². The van der Waals surface area contributed by atoms with Crippen molar-refractivity contribution in [3.8, 4) is 5.75 Å². The standard InChI is InChI=1S/C11H11F3O2/c1-7-3-9(5-15)4-8(2)10(7)16-6-11(12,13)14/h3-5H,6H2,1-2H3. The Balaban J connectivity index is 2.93.